The van der Waals surface area contributed by atoms with E-state index in [4.69, 9.17) is 4.52 Å². The summed E-state index contributed by atoms with van der Waals surface area (Å²) in [5, 5.41) is 6.63. The highest BCUT2D eigenvalue weighted by atomic mass is 16.5. The van der Waals surface area contributed by atoms with Crippen molar-refractivity contribution in [2.75, 3.05) is 6.54 Å². The summed E-state index contributed by atoms with van der Waals surface area (Å²) in [7, 11) is 0. The van der Waals surface area contributed by atoms with Crippen molar-refractivity contribution in [3.63, 3.8) is 0 Å². The average Bonchev–Trinajstić information content (AvgIpc) is 3.05. The summed E-state index contributed by atoms with van der Waals surface area (Å²) in [6.45, 7) is 2.27. The SMILES string of the molecule is Cc1noc(CCNC(=O)C2CCc3cccnc32)n1. The van der Waals surface area contributed by atoms with Gasteiger partial charge in [0.2, 0.25) is 11.8 Å². The molecule has 1 atom stereocenters. The second-order valence-electron chi connectivity index (χ2n) is 4.92. The summed E-state index contributed by atoms with van der Waals surface area (Å²) in [5.41, 5.74) is 2.10. The molecule has 0 aromatic carbocycles. The van der Waals surface area contributed by atoms with Gasteiger partial charge in [-0.25, -0.2) is 0 Å². The van der Waals surface area contributed by atoms with Crippen LogP contribution in [0, 0.1) is 6.92 Å². The third-order valence-electron chi connectivity index (χ3n) is 3.48. The van der Waals surface area contributed by atoms with Gasteiger partial charge < -0.3 is 9.84 Å². The van der Waals surface area contributed by atoms with E-state index in [9.17, 15) is 4.79 Å². The van der Waals surface area contributed by atoms with Gasteiger partial charge in [-0.15, -0.1) is 0 Å². The molecule has 3 rings (SSSR count). The molecule has 104 valence electrons. The molecule has 6 heteroatoms. The molecule has 1 N–H and O–H groups in total. The number of hydrogen-bond donors (Lipinski definition) is 1. The van der Waals surface area contributed by atoms with Crippen molar-refractivity contribution in [2.24, 2.45) is 0 Å². The predicted molar refractivity (Wildman–Crippen MR) is 71.0 cm³/mol. The smallest absolute Gasteiger partial charge is 0.229 e. The maximum Gasteiger partial charge on any atom is 0.229 e. The van der Waals surface area contributed by atoms with Crippen molar-refractivity contribution in [1.29, 1.82) is 0 Å². The number of aryl methyl sites for hydroxylation is 2. The molecule has 6 nitrogen and oxygen atoms in total. The number of amides is 1. The van der Waals surface area contributed by atoms with Crippen molar-refractivity contribution < 1.29 is 9.32 Å². The summed E-state index contributed by atoms with van der Waals surface area (Å²) in [6, 6.07) is 3.95. The van der Waals surface area contributed by atoms with E-state index in [0.29, 0.717) is 24.7 Å². The van der Waals surface area contributed by atoms with E-state index in [-0.39, 0.29) is 11.8 Å². The van der Waals surface area contributed by atoms with Gasteiger partial charge in [0.05, 0.1) is 11.6 Å². The highest BCUT2D eigenvalue weighted by Crippen LogP contribution is 2.30. The van der Waals surface area contributed by atoms with E-state index >= 15 is 0 Å². The van der Waals surface area contributed by atoms with E-state index in [1.165, 1.54) is 5.56 Å². The summed E-state index contributed by atoms with van der Waals surface area (Å²) >= 11 is 0. The molecule has 0 aliphatic heterocycles. The number of nitrogens with one attached hydrogen (secondary N) is 1. The lowest BCUT2D eigenvalue weighted by Crippen LogP contribution is -2.30. The molecular formula is C14H16N4O2. The fourth-order valence-electron chi connectivity index (χ4n) is 2.53. The first-order valence-electron chi connectivity index (χ1n) is 6.75. The van der Waals surface area contributed by atoms with Crippen molar-refractivity contribution in [3.8, 4) is 0 Å². The van der Waals surface area contributed by atoms with Crippen molar-refractivity contribution >= 4 is 5.91 Å². The molecule has 2 heterocycles. The normalized spacial score (nSPS) is 16.9. The van der Waals surface area contributed by atoms with Crippen LogP contribution in [-0.2, 0) is 17.6 Å². The van der Waals surface area contributed by atoms with Gasteiger partial charge in [0.1, 0.15) is 0 Å². The fourth-order valence-corrected chi connectivity index (χ4v) is 2.53. The first-order chi connectivity index (χ1) is 9.74. The minimum atomic E-state index is -0.129. The Balaban J connectivity index is 1.55. The van der Waals surface area contributed by atoms with Crippen LogP contribution in [0.5, 0.6) is 0 Å². The Morgan fingerprint density at radius 2 is 2.45 bits per heavy atom. The van der Waals surface area contributed by atoms with Gasteiger partial charge in [-0.3, -0.25) is 9.78 Å². The largest absolute Gasteiger partial charge is 0.355 e. The Kier molecular flexibility index (Phi) is 3.45. The second-order valence-corrected chi connectivity index (χ2v) is 4.92. The lowest BCUT2D eigenvalue weighted by molar-refractivity contribution is -0.122. The van der Waals surface area contributed by atoms with Crippen LogP contribution in [-0.4, -0.2) is 27.6 Å². The zero-order chi connectivity index (χ0) is 13.9. The number of fused-ring (bicyclic) bond motifs is 1. The molecule has 1 amide bonds. The van der Waals surface area contributed by atoms with Crippen LogP contribution in [0.25, 0.3) is 0 Å². The summed E-state index contributed by atoms with van der Waals surface area (Å²) in [4.78, 5) is 20.6. The Morgan fingerprint density at radius 3 is 3.25 bits per heavy atom. The van der Waals surface area contributed by atoms with Crippen LogP contribution >= 0.6 is 0 Å². The maximum absolute atomic E-state index is 12.2. The average molecular weight is 272 g/mol. The predicted octanol–water partition coefficient (Wildman–Crippen LogP) is 1.16. The Labute approximate surface area is 116 Å². The van der Waals surface area contributed by atoms with Gasteiger partial charge in [-0.05, 0) is 31.4 Å². The molecule has 0 saturated heterocycles. The van der Waals surface area contributed by atoms with E-state index in [0.717, 1.165) is 18.5 Å². The molecule has 2 aromatic heterocycles. The van der Waals surface area contributed by atoms with Gasteiger partial charge >= 0.3 is 0 Å². The third-order valence-corrected chi connectivity index (χ3v) is 3.48. The van der Waals surface area contributed by atoms with Crippen molar-refractivity contribution in [3.05, 3.63) is 41.3 Å². The zero-order valence-electron chi connectivity index (χ0n) is 11.3. The summed E-state index contributed by atoms with van der Waals surface area (Å²) in [6.07, 6.45) is 4.04. The molecule has 1 aliphatic rings. The fraction of sp³-hybridized carbons (Fsp3) is 0.429. The second kappa shape index (κ2) is 5.40. The molecule has 0 bridgehead atoms. The topological polar surface area (TPSA) is 80.9 Å². The minimum Gasteiger partial charge on any atom is -0.355 e. The molecule has 0 saturated carbocycles. The number of rotatable bonds is 4. The zero-order valence-corrected chi connectivity index (χ0v) is 11.3. The van der Waals surface area contributed by atoms with Gasteiger partial charge in [0.15, 0.2) is 5.82 Å². The first-order valence-corrected chi connectivity index (χ1v) is 6.75. The number of carbonyl (C=O) groups is 1. The maximum atomic E-state index is 12.2. The van der Waals surface area contributed by atoms with Gasteiger partial charge in [0, 0.05) is 19.2 Å². The quantitative estimate of drug-likeness (QED) is 0.903. The van der Waals surface area contributed by atoms with Crippen molar-refractivity contribution in [2.45, 2.75) is 32.1 Å². The number of carbonyl (C=O) groups excluding carboxylic acids is 1. The summed E-state index contributed by atoms with van der Waals surface area (Å²) < 4.78 is 5.00. The summed E-state index contributed by atoms with van der Waals surface area (Å²) in [5.74, 6) is 1.06. The first kappa shape index (κ1) is 12.8. The number of hydrogen-bond acceptors (Lipinski definition) is 5. The third kappa shape index (κ3) is 2.54. The molecule has 0 spiro atoms. The number of nitrogens with zero attached hydrogens (tertiary/aromatic N) is 3. The molecule has 1 aliphatic carbocycles. The Hall–Kier alpha value is -2.24. The van der Waals surface area contributed by atoms with E-state index in [1.807, 2.05) is 12.1 Å². The lowest BCUT2D eigenvalue weighted by Gasteiger charge is -2.10. The number of aromatic nitrogens is 3. The van der Waals surface area contributed by atoms with Gasteiger partial charge in [-0.2, -0.15) is 4.98 Å². The highest BCUT2D eigenvalue weighted by molar-refractivity contribution is 5.84. The van der Waals surface area contributed by atoms with Crippen LogP contribution in [0.2, 0.25) is 0 Å². The van der Waals surface area contributed by atoms with Crippen LogP contribution in [0.4, 0.5) is 0 Å². The van der Waals surface area contributed by atoms with E-state index < -0.39 is 0 Å². The van der Waals surface area contributed by atoms with E-state index in [1.54, 1.807) is 13.1 Å². The van der Waals surface area contributed by atoms with Gasteiger partial charge in [0.25, 0.3) is 0 Å². The van der Waals surface area contributed by atoms with Crippen LogP contribution in [0.1, 0.15) is 35.3 Å². The van der Waals surface area contributed by atoms with Crippen LogP contribution in [0.15, 0.2) is 22.9 Å². The lowest BCUT2D eigenvalue weighted by atomic mass is 10.1. The molecule has 1 unspecified atom stereocenters. The molecule has 2 aromatic rings. The Morgan fingerprint density at radius 1 is 1.55 bits per heavy atom. The molecule has 20 heavy (non-hydrogen) atoms. The molecule has 0 radical (unpaired) electrons. The highest BCUT2D eigenvalue weighted by Gasteiger charge is 2.29. The van der Waals surface area contributed by atoms with Crippen molar-refractivity contribution in [1.82, 2.24) is 20.4 Å². The monoisotopic (exact) mass is 272 g/mol. The van der Waals surface area contributed by atoms with Gasteiger partial charge in [-0.1, -0.05) is 11.2 Å². The number of pyridine rings is 1. The Bertz CT molecular complexity index is 623. The molecular weight excluding hydrogens is 256 g/mol. The van der Waals surface area contributed by atoms with Crippen LogP contribution in [0.3, 0.4) is 0 Å². The standard InChI is InChI=1S/C14H16N4O2/c1-9-17-12(20-18-9)6-8-16-14(19)11-5-4-10-3-2-7-15-13(10)11/h2-3,7,11H,4-6,8H2,1H3,(H,16,19). The van der Waals surface area contributed by atoms with Crippen LogP contribution < -0.4 is 5.32 Å². The molecule has 0 fully saturated rings. The minimum absolute atomic E-state index is 0.0266. The van der Waals surface area contributed by atoms with E-state index in [2.05, 4.69) is 20.4 Å².